The Morgan fingerprint density at radius 3 is 2.41 bits per heavy atom. The van der Waals surface area contributed by atoms with Gasteiger partial charge in [0.25, 0.3) is 5.56 Å². The number of anilines is 1. The molecule has 158 valence electrons. The number of nitriles is 1. The molecule has 0 aliphatic heterocycles. The molecule has 1 heterocycles. The van der Waals surface area contributed by atoms with Crippen LogP contribution in [0.3, 0.4) is 0 Å². The van der Waals surface area contributed by atoms with Crippen LogP contribution in [0.25, 0.3) is 16.6 Å². The zero-order chi connectivity index (χ0) is 22.7. The fourth-order valence-corrected chi connectivity index (χ4v) is 4.35. The molecule has 32 heavy (non-hydrogen) atoms. The molecule has 0 fully saturated rings. The molecule has 0 atom stereocenters. The predicted octanol–water partition coefficient (Wildman–Crippen LogP) is 5.29. The Labute approximate surface area is 197 Å². The number of fused-ring (bicyclic) bond motifs is 1. The number of carbonyl (C=O) groups excluding carboxylic acids is 1. The lowest BCUT2D eigenvalue weighted by Crippen LogP contribution is -2.23. The van der Waals surface area contributed by atoms with Crippen LogP contribution >= 0.6 is 35.0 Å². The molecule has 0 aliphatic rings. The van der Waals surface area contributed by atoms with Crippen LogP contribution in [0, 0.1) is 11.3 Å². The minimum Gasteiger partial charge on any atom is -0.323 e. The van der Waals surface area contributed by atoms with Crippen molar-refractivity contribution in [2.24, 2.45) is 0 Å². The Morgan fingerprint density at radius 1 is 1.03 bits per heavy atom. The lowest BCUT2D eigenvalue weighted by atomic mass is 10.2. The molecular formula is C23H14Cl2N4O2S. The van der Waals surface area contributed by atoms with E-state index in [4.69, 9.17) is 28.5 Å². The van der Waals surface area contributed by atoms with Gasteiger partial charge < -0.3 is 5.32 Å². The van der Waals surface area contributed by atoms with E-state index < -0.39 is 0 Å². The Hall–Kier alpha value is -3.31. The zero-order valence-corrected chi connectivity index (χ0v) is 18.7. The fraction of sp³-hybridized carbons (Fsp3) is 0.0435. The van der Waals surface area contributed by atoms with E-state index in [1.807, 2.05) is 0 Å². The molecule has 4 rings (SSSR count). The van der Waals surface area contributed by atoms with Gasteiger partial charge in [-0.25, -0.2) is 4.98 Å². The summed E-state index contributed by atoms with van der Waals surface area (Å²) in [5.41, 5.74) is 1.61. The van der Waals surface area contributed by atoms with Crippen LogP contribution in [0.15, 0.2) is 76.7 Å². The number of amides is 1. The molecule has 0 aliphatic carbocycles. The number of nitrogens with zero attached hydrogens (tertiary/aromatic N) is 3. The SMILES string of the molecule is N#Cc1ccc(-n2c(SCC(=O)Nc3c(Cl)cccc3Cl)nc3ccccc3c2=O)cc1. The van der Waals surface area contributed by atoms with Crippen LogP contribution in [0.4, 0.5) is 5.69 Å². The smallest absolute Gasteiger partial charge is 0.266 e. The van der Waals surface area contributed by atoms with E-state index >= 15 is 0 Å². The molecule has 9 heteroatoms. The predicted molar refractivity (Wildman–Crippen MR) is 128 cm³/mol. The number of carbonyl (C=O) groups is 1. The highest BCUT2D eigenvalue weighted by Crippen LogP contribution is 2.30. The summed E-state index contributed by atoms with van der Waals surface area (Å²) >= 11 is 13.3. The summed E-state index contributed by atoms with van der Waals surface area (Å²) in [5.74, 6) is -0.374. The average molecular weight is 481 g/mol. The van der Waals surface area contributed by atoms with E-state index in [-0.39, 0.29) is 17.2 Å². The second kappa shape index (κ2) is 9.45. The zero-order valence-electron chi connectivity index (χ0n) is 16.4. The fourth-order valence-electron chi connectivity index (χ4n) is 3.04. The van der Waals surface area contributed by atoms with Crippen molar-refractivity contribution >= 4 is 57.5 Å². The largest absolute Gasteiger partial charge is 0.323 e. The van der Waals surface area contributed by atoms with Crippen LogP contribution in [0.2, 0.25) is 10.0 Å². The van der Waals surface area contributed by atoms with Crippen LogP contribution in [0.1, 0.15) is 5.56 Å². The van der Waals surface area contributed by atoms with Gasteiger partial charge in [0.05, 0.1) is 49.7 Å². The van der Waals surface area contributed by atoms with E-state index in [9.17, 15) is 9.59 Å². The van der Waals surface area contributed by atoms with Crippen LogP contribution in [-0.4, -0.2) is 21.2 Å². The first kappa shape index (κ1) is 21.9. The topological polar surface area (TPSA) is 87.8 Å². The van der Waals surface area contributed by atoms with Crippen molar-refractivity contribution in [1.82, 2.24) is 9.55 Å². The van der Waals surface area contributed by atoms with Crippen molar-refractivity contribution in [3.8, 4) is 11.8 Å². The third-order valence-electron chi connectivity index (χ3n) is 4.56. The molecule has 6 nitrogen and oxygen atoms in total. The Kier molecular flexibility index (Phi) is 6.47. The number of rotatable bonds is 5. The number of hydrogen-bond acceptors (Lipinski definition) is 5. The summed E-state index contributed by atoms with van der Waals surface area (Å²) in [6.07, 6.45) is 0. The minimum absolute atomic E-state index is 0.0252. The summed E-state index contributed by atoms with van der Waals surface area (Å²) in [4.78, 5) is 30.4. The molecule has 1 amide bonds. The molecule has 0 radical (unpaired) electrons. The van der Waals surface area contributed by atoms with Gasteiger partial charge in [0.2, 0.25) is 5.91 Å². The molecule has 3 aromatic carbocycles. The summed E-state index contributed by atoms with van der Waals surface area (Å²) in [5, 5.41) is 13.2. The van der Waals surface area contributed by atoms with Crippen molar-refractivity contribution in [3.05, 3.63) is 92.7 Å². The number of thioether (sulfide) groups is 1. The van der Waals surface area contributed by atoms with Crippen molar-refractivity contribution in [1.29, 1.82) is 5.26 Å². The molecule has 0 spiro atoms. The van der Waals surface area contributed by atoms with Gasteiger partial charge in [0, 0.05) is 0 Å². The van der Waals surface area contributed by atoms with Gasteiger partial charge in [-0.05, 0) is 48.5 Å². The molecule has 0 bridgehead atoms. The maximum Gasteiger partial charge on any atom is 0.266 e. The third-order valence-corrected chi connectivity index (χ3v) is 6.13. The first-order valence-corrected chi connectivity index (χ1v) is 11.1. The molecule has 0 saturated heterocycles. The van der Waals surface area contributed by atoms with Gasteiger partial charge in [-0.3, -0.25) is 14.2 Å². The minimum atomic E-state index is -0.348. The van der Waals surface area contributed by atoms with E-state index in [0.717, 1.165) is 11.8 Å². The number of para-hydroxylation sites is 2. The summed E-state index contributed by atoms with van der Waals surface area (Å²) in [6.45, 7) is 0. The lowest BCUT2D eigenvalue weighted by molar-refractivity contribution is -0.113. The van der Waals surface area contributed by atoms with E-state index in [0.29, 0.717) is 43.0 Å². The van der Waals surface area contributed by atoms with Gasteiger partial charge in [-0.1, -0.05) is 53.2 Å². The van der Waals surface area contributed by atoms with Crippen LogP contribution < -0.4 is 10.9 Å². The summed E-state index contributed by atoms with van der Waals surface area (Å²) in [7, 11) is 0. The quantitative estimate of drug-likeness (QED) is 0.309. The lowest BCUT2D eigenvalue weighted by Gasteiger charge is -2.14. The molecular weight excluding hydrogens is 467 g/mol. The molecule has 0 unspecified atom stereocenters. The maximum absolute atomic E-state index is 13.2. The van der Waals surface area contributed by atoms with Crippen molar-refractivity contribution in [3.63, 3.8) is 0 Å². The van der Waals surface area contributed by atoms with Gasteiger partial charge in [-0.2, -0.15) is 5.26 Å². The van der Waals surface area contributed by atoms with Crippen molar-refractivity contribution < 1.29 is 4.79 Å². The van der Waals surface area contributed by atoms with Gasteiger partial charge in [-0.15, -0.1) is 0 Å². The first-order valence-electron chi connectivity index (χ1n) is 9.37. The number of nitrogens with one attached hydrogen (secondary N) is 1. The highest BCUT2D eigenvalue weighted by Gasteiger charge is 2.16. The molecule has 4 aromatic rings. The maximum atomic E-state index is 13.2. The number of aromatic nitrogens is 2. The average Bonchev–Trinajstić information content (AvgIpc) is 2.80. The molecule has 0 saturated carbocycles. The van der Waals surface area contributed by atoms with E-state index in [1.165, 1.54) is 4.57 Å². The van der Waals surface area contributed by atoms with Gasteiger partial charge in [0.15, 0.2) is 5.16 Å². The normalized spacial score (nSPS) is 10.7. The second-order valence-corrected chi connectivity index (χ2v) is 8.40. The number of benzene rings is 3. The highest BCUT2D eigenvalue weighted by atomic mass is 35.5. The van der Waals surface area contributed by atoms with Crippen LogP contribution in [-0.2, 0) is 4.79 Å². The van der Waals surface area contributed by atoms with E-state index in [1.54, 1.807) is 66.7 Å². The monoisotopic (exact) mass is 480 g/mol. The molecule has 1 N–H and O–H groups in total. The summed E-state index contributed by atoms with van der Waals surface area (Å²) in [6, 6.07) is 20.6. The third kappa shape index (κ3) is 4.48. The molecule has 1 aromatic heterocycles. The standard InChI is InChI=1S/C23H14Cl2N4O2S/c24-17-5-3-6-18(25)21(17)28-20(30)13-32-23-27-19-7-2-1-4-16(19)22(31)29(23)15-10-8-14(12-26)9-11-15/h1-11H,13H2,(H,28,30). The Bertz CT molecular complexity index is 1410. The highest BCUT2D eigenvalue weighted by molar-refractivity contribution is 7.99. The van der Waals surface area contributed by atoms with Gasteiger partial charge in [0.1, 0.15) is 0 Å². The van der Waals surface area contributed by atoms with E-state index in [2.05, 4.69) is 16.4 Å². The summed E-state index contributed by atoms with van der Waals surface area (Å²) < 4.78 is 1.43. The van der Waals surface area contributed by atoms with Gasteiger partial charge >= 0.3 is 0 Å². The van der Waals surface area contributed by atoms with Crippen molar-refractivity contribution in [2.45, 2.75) is 5.16 Å². The first-order chi connectivity index (χ1) is 15.5. The number of halogens is 2. The van der Waals surface area contributed by atoms with Crippen LogP contribution in [0.5, 0.6) is 0 Å². The number of hydrogen-bond donors (Lipinski definition) is 1. The Balaban J connectivity index is 1.69. The Morgan fingerprint density at radius 2 is 1.72 bits per heavy atom. The second-order valence-electron chi connectivity index (χ2n) is 6.64. The van der Waals surface area contributed by atoms with Crippen molar-refractivity contribution in [2.75, 3.05) is 11.1 Å².